The van der Waals surface area contributed by atoms with Gasteiger partial charge in [-0.2, -0.15) is 5.10 Å². The molecule has 17 heavy (non-hydrogen) atoms. The van der Waals surface area contributed by atoms with Crippen molar-refractivity contribution in [2.24, 2.45) is 7.05 Å². The maximum atomic E-state index is 11.7. The Morgan fingerprint density at radius 2 is 2.24 bits per heavy atom. The second-order valence-corrected chi connectivity index (χ2v) is 4.40. The molecule has 0 aliphatic rings. The molecule has 0 saturated heterocycles. The van der Waals surface area contributed by atoms with Gasteiger partial charge in [0.1, 0.15) is 0 Å². The number of carbonyl (C=O) groups is 1. The first-order chi connectivity index (χ1) is 8.02. The van der Waals surface area contributed by atoms with Crippen molar-refractivity contribution in [1.29, 1.82) is 0 Å². The molecule has 0 bridgehead atoms. The normalized spacial score (nSPS) is 14.4. The fourth-order valence-electron chi connectivity index (χ4n) is 1.38. The third-order valence-electron chi connectivity index (χ3n) is 2.75. The van der Waals surface area contributed by atoms with Crippen molar-refractivity contribution in [2.75, 3.05) is 0 Å². The maximum absolute atomic E-state index is 11.7. The number of nitrogens with one attached hydrogen (secondary N) is 2. The van der Waals surface area contributed by atoms with E-state index in [0.717, 1.165) is 12.1 Å². The Balaban J connectivity index is 2.33. The van der Waals surface area contributed by atoms with Crippen molar-refractivity contribution in [3.8, 4) is 0 Å². The first-order valence-corrected chi connectivity index (χ1v) is 6.05. The van der Waals surface area contributed by atoms with E-state index in [1.54, 1.807) is 4.68 Å². The van der Waals surface area contributed by atoms with E-state index >= 15 is 0 Å². The molecule has 0 aliphatic carbocycles. The zero-order valence-corrected chi connectivity index (χ0v) is 11.0. The number of rotatable bonds is 6. The van der Waals surface area contributed by atoms with Gasteiger partial charge in [0.25, 0.3) is 0 Å². The summed E-state index contributed by atoms with van der Waals surface area (Å²) in [6, 6.07) is 1.96. The summed E-state index contributed by atoms with van der Waals surface area (Å²) in [7, 11) is 1.88. The summed E-state index contributed by atoms with van der Waals surface area (Å²) in [6.45, 7) is 6.52. The zero-order valence-electron chi connectivity index (χ0n) is 11.0. The Bertz CT molecular complexity index is 361. The highest BCUT2D eigenvalue weighted by molar-refractivity contribution is 5.81. The van der Waals surface area contributed by atoms with Gasteiger partial charge >= 0.3 is 0 Å². The zero-order chi connectivity index (χ0) is 12.8. The summed E-state index contributed by atoms with van der Waals surface area (Å²) >= 11 is 0. The monoisotopic (exact) mass is 238 g/mol. The van der Waals surface area contributed by atoms with Crippen LogP contribution in [-0.4, -0.2) is 27.8 Å². The molecule has 5 nitrogen and oxygen atoms in total. The van der Waals surface area contributed by atoms with Gasteiger partial charge in [0.15, 0.2) is 0 Å². The summed E-state index contributed by atoms with van der Waals surface area (Å²) < 4.78 is 1.75. The smallest absolute Gasteiger partial charge is 0.237 e. The molecule has 1 aromatic heterocycles. The predicted octanol–water partition coefficient (Wildman–Crippen LogP) is 0.813. The van der Waals surface area contributed by atoms with E-state index in [4.69, 9.17) is 0 Å². The molecular weight excluding hydrogens is 216 g/mol. The fourth-order valence-corrected chi connectivity index (χ4v) is 1.38. The van der Waals surface area contributed by atoms with E-state index in [1.807, 2.05) is 33.2 Å². The number of hydrogen-bond acceptors (Lipinski definition) is 3. The van der Waals surface area contributed by atoms with Gasteiger partial charge in [0.05, 0.1) is 11.7 Å². The summed E-state index contributed by atoms with van der Waals surface area (Å²) in [5.41, 5.74) is 0.940. The molecular formula is C12H22N4O. The molecule has 1 aromatic rings. The molecule has 96 valence electrons. The van der Waals surface area contributed by atoms with Gasteiger partial charge in [-0.25, -0.2) is 0 Å². The summed E-state index contributed by atoms with van der Waals surface area (Å²) in [5, 5.41) is 10.3. The average molecular weight is 238 g/mol. The number of amides is 1. The van der Waals surface area contributed by atoms with E-state index in [-0.39, 0.29) is 18.0 Å². The number of carbonyl (C=O) groups excluding carboxylic acids is 1. The first kappa shape index (κ1) is 13.7. The largest absolute Gasteiger partial charge is 0.352 e. The van der Waals surface area contributed by atoms with Crippen LogP contribution >= 0.6 is 0 Å². The van der Waals surface area contributed by atoms with E-state index < -0.39 is 0 Å². The molecule has 0 spiro atoms. The van der Waals surface area contributed by atoms with E-state index in [2.05, 4.69) is 22.7 Å². The van der Waals surface area contributed by atoms with Gasteiger partial charge in [-0.15, -0.1) is 0 Å². The Hall–Kier alpha value is -1.36. The maximum Gasteiger partial charge on any atom is 0.237 e. The van der Waals surface area contributed by atoms with E-state index in [9.17, 15) is 4.79 Å². The number of aryl methyl sites for hydroxylation is 1. The Morgan fingerprint density at radius 1 is 1.53 bits per heavy atom. The summed E-state index contributed by atoms with van der Waals surface area (Å²) in [4.78, 5) is 11.7. The molecule has 5 heteroatoms. The predicted molar refractivity (Wildman–Crippen MR) is 67.4 cm³/mol. The molecule has 0 fully saturated rings. The Morgan fingerprint density at radius 3 is 2.76 bits per heavy atom. The van der Waals surface area contributed by atoms with E-state index in [0.29, 0.717) is 6.54 Å². The third-order valence-corrected chi connectivity index (χ3v) is 2.75. The molecule has 2 unspecified atom stereocenters. The van der Waals surface area contributed by atoms with Crippen LogP contribution in [0.1, 0.15) is 32.9 Å². The minimum atomic E-state index is -0.203. The topological polar surface area (TPSA) is 59.0 Å². The number of aromatic nitrogens is 2. The fraction of sp³-hybridized carbons (Fsp3) is 0.667. The molecule has 1 rings (SSSR count). The lowest BCUT2D eigenvalue weighted by atomic mass is 10.2. The lowest BCUT2D eigenvalue weighted by Crippen LogP contribution is -2.45. The lowest BCUT2D eigenvalue weighted by Gasteiger charge is -2.16. The molecule has 0 radical (unpaired) electrons. The minimum Gasteiger partial charge on any atom is -0.352 e. The molecule has 2 N–H and O–H groups in total. The van der Waals surface area contributed by atoms with Crippen molar-refractivity contribution in [2.45, 2.75) is 45.8 Å². The third kappa shape index (κ3) is 4.56. The standard InChI is InChI=1S/C12H22N4O/c1-5-9(2)14-12(17)10(3)13-8-11-6-7-16(4)15-11/h6-7,9-10,13H,5,8H2,1-4H3,(H,14,17). The van der Waals surface area contributed by atoms with Crippen LogP contribution in [0.2, 0.25) is 0 Å². The Labute approximate surface area is 103 Å². The highest BCUT2D eigenvalue weighted by Gasteiger charge is 2.13. The highest BCUT2D eigenvalue weighted by Crippen LogP contribution is 1.95. The van der Waals surface area contributed by atoms with Crippen LogP contribution in [0.5, 0.6) is 0 Å². The van der Waals surface area contributed by atoms with Gasteiger partial charge in [0, 0.05) is 25.8 Å². The lowest BCUT2D eigenvalue weighted by molar-refractivity contribution is -0.123. The van der Waals surface area contributed by atoms with E-state index in [1.165, 1.54) is 0 Å². The molecule has 2 atom stereocenters. The van der Waals surface area contributed by atoms with Gasteiger partial charge in [0.2, 0.25) is 5.91 Å². The van der Waals surface area contributed by atoms with Gasteiger partial charge in [-0.3, -0.25) is 9.48 Å². The first-order valence-electron chi connectivity index (χ1n) is 6.05. The van der Waals surface area contributed by atoms with Crippen LogP contribution in [0.4, 0.5) is 0 Å². The second kappa shape index (κ2) is 6.39. The van der Waals surface area contributed by atoms with Crippen molar-refractivity contribution < 1.29 is 4.79 Å². The quantitative estimate of drug-likeness (QED) is 0.771. The van der Waals surface area contributed by atoms with Crippen LogP contribution in [0.15, 0.2) is 12.3 Å². The van der Waals surface area contributed by atoms with Crippen molar-refractivity contribution in [1.82, 2.24) is 20.4 Å². The average Bonchev–Trinajstić information content (AvgIpc) is 2.71. The number of nitrogens with zero attached hydrogens (tertiary/aromatic N) is 2. The summed E-state index contributed by atoms with van der Waals surface area (Å²) in [6.07, 6.45) is 2.83. The molecule has 1 heterocycles. The van der Waals surface area contributed by atoms with Gasteiger partial charge in [-0.05, 0) is 26.3 Å². The van der Waals surface area contributed by atoms with Crippen LogP contribution in [0.3, 0.4) is 0 Å². The molecule has 0 aliphatic heterocycles. The van der Waals surface area contributed by atoms with Gasteiger partial charge in [-0.1, -0.05) is 6.92 Å². The van der Waals surface area contributed by atoms with Crippen LogP contribution in [-0.2, 0) is 18.4 Å². The molecule has 1 amide bonds. The van der Waals surface area contributed by atoms with Gasteiger partial charge < -0.3 is 10.6 Å². The van der Waals surface area contributed by atoms with Crippen LogP contribution in [0, 0.1) is 0 Å². The van der Waals surface area contributed by atoms with Crippen molar-refractivity contribution in [3.63, 3.8) is 0 Å². The number of hydrogen-bond donors (Lipinski definition) is 2. The highest BCUT2D eigenvalue weighted by atomic mass is 16.2. The van der Waals surface area contributed by atoms with Crippen LogP contribution in [0.25, 0.3) is 0 Å². The van der Waals surface area contributed by atoms with Crippen LogP contribution < -0.4 is 10.6 Å². The Kier molecular flexibility index (Phi) is 5.15. The second-order valence-electron chi connectivity index (χ2n) is 4.40. The molecule has 0 saturated carbocycles. The summed E-state index contributed by atoms with van der Waals surface area (Å²) in [5.74, 6) is 0.0373. The SMILES string of the molecule is CCC(C)NC(=O)C(C)NCc1ccn(C)n1. The minimum absolute atomic E-state index is 0.0373. The molecule has 0 aromatic carbocycles. The van der Waals surface area contributed by atoms with Crippen molar-refractivity contribution >= 4 is 5.91 Å². The van der Waals surface area contributed by atoms with Crippen molar-refractivity contribution in [3.05, 3.63) is 18.0 Å².